The molecule has 0 aliphatic heterocycles. The highest BCUT2D eigenvalue weighted by atomic mass is 32.2. The van der Waals surface area contributed by atoms with E-state index in [0.29, 0.717) is 29.2 Å². The predicted molar refractivity (Wildman–Crippen MR) is 132 cm³/mol. The molecule has 0 aliphatic rings. The molecule has 1 amide bonds. The van der Waals surface area contributed by atoms with E-state index < -0.39 is 21.3 Å². The van der Waals surface area contributed by atoms with E-state index in [-0.39, 0.29) is 0 Å². The Balaban J connectivity index is 1.87. The number of hydrogen-bond acceptors (Lipinski definition) is 6. The van der Waals surface area contributed by atoms with Gasteiger partial charge in [-0.1, -0.05) is 19.4 Å². The Bertz CT molecular complexity index is 1390. The van der Waals surface area contributed by atoms with E-state index in [1.807, 2.05) is 36.7 Å². The Morgan fingerprint density at radius 1 is 1.35 bits per heavy atom. The van der Waals surface area contributed by atoms with Gasteiger partial charge in [-0.05, 0) is 50.2 Å². The molecule has 10 heteroatoms. The lowest BCUT2D eigenvalue weighted by Crippen LogP contribution is -2.44. The number of benzene rings is 1. The number of aryl methyl sites for hydroxylation is 2. The molecule has 0 spiro atoms. The molecule has 0 saturated heterocycles. The van der Waals surface area contributed by atoms with Gasteiger partial charge in [-0.15, -0.1) is 6.58 Å². The maximum atomic E-state index is 12.6. The van der Waals surface area contributed by atoms with Gasteiger partial charge in [-0.3, -0.25) is 14.8 Å². The maximum Gasteiger partial charge on any atom is 0.257 e. The molecule has 2 aromatic heterocycles. The van der Waals surface area contributed by atoms with E-state index in [0.717, 1.165) is 23.7 Å². The summed E-state index contributed by atoms with van der Waals surface area (Å²) in [5, 5.41) is 16.3. The lowest BCUT2D eigenvalue weighted by molar-refractivity contribution is -0.114. The summed E-state index contributed by atoms with van der Waals surface area (Å²) in [6, 6.07) is 9.41. The molecule has 0 saturated carbocycles. The molecule has 0 aliphatic carbocycles. The van der Waals surface area contributed by atoms with Crippen molar-refractivity contribution in [2.45, 2.75) is 32.1 Å². The zero-order chi connectivity index (χ0) is 24.9. The topological polar surface area (TPSA) is 122 Å². The first kappa shape index (κ1) is 25.0. The van der Waals surface area contributed by atoms with Crippen LogP contribution in [0.4, 0.5) is 0 Å². The predicted octanol–water partition coefficient (Wildman–Crippen LogP) is 2.91. The fraction of sp³-hybridized carbons (Fsp3) is 0.292. The number of unbranched alkanes of at least 4 members (excludes halogenated alkanes) is 1. The monoisotopic (exact) mass is 480 g/mol. The van der Waals surface area contributed by atoms with Gasteiger partial charge in [0.25, 0.3) is 15.9 Å². The van der Waals surface area contributed by atoms with Gasteiger partial charge >= 0.3 is 0 Å². The third kappa shape index (κ3) is 5.27. The van der Waals surface area contributed by atoms with Gasteiger partial charge in [0.15, 0.2) is 0 Å². The highest BCUT2D eigenvalue weighted by molar-refractivity contribution is 7.90. The average Bonchev–Trinajstić information content (AvgIpc) is 3.33. The number of amides is 1. The summed E-state index contributed by atoms with van der Waals surface area (Å²) < 4.78 is 30.8. The number of nitrogens with one attached hydrogen (secondary N) is 2. The van der Waals surface area contributed by atoms with E-state index in [4.69, 9.17) is 5.26 Å². The molecule has 1 atom stereocenters. The van der Waals surface area contributed by atoms with E-state index >= 15 is 0 Å². The first-order valence-corrected chi connectivity index (χ1v) is 12.4. The first-order chi connectivity index (χ1) is 16.2. The van der Waals surface area contributed by atoms with Crippen LogP contribution in [0.3, 0.4) is 0 Å². The minimum absolute atomic E-state index is 0.497. The Kier molecular flexibility index (Phi) is 7.71. The maximum absolute atomic E-state index is 12.6. The molecular weight excluding hydrogens is 452 g/mol. The number of nitriles is 1. The molecule has 34 heavy (non-hydrogen) atoms. The van der Waals surface area contributed by atoms with Crippen molar-refractivity contribution in [2.24, 2.45) is 7.05 Å². The van der Waals surface area contributed by atoms with Crippen LogP contribution in [-0.2, 0) is 21.9 Å². The van der Waals surface area contributed by atoms with Crippen LogP contribution in [0.5, 0.6) is 0 Å². The molecule has 3 rings (SSSR count). The van der Waals surface area contributed by atoms with Crippen molar-refractivity contribution in [1.29, 1.82) is 5.26 Å². The SMILES string of the molecule is C=CC(NCCCC)S(=O)(=O)NC(=O)/C=C/c1c(C)nn(C)c1-n1ccc2cc(C#N)ccc21. The molecule has 178 valence electrons. The summed E-state index contributed by atoms with van der Waals surface area (Å²) in [5.41, 5.74) is 2.77. The molecule has 2 heterocycles. The molecule has 0 radical (unpaired) electrons. The van der Waals surface area contributed by atoms with E-state index in [9.17, 15) is 13.2 Å². The van der Waals surface area contributed by atoms with Gasteiger partial charge in [-0.2, -0.15) is 10.4 Å². The number of sulfonamides is 1. The van der Waals surface area contributed by atoms with E-state index in [1.54, 1.807) is 29.9 Å². The van der Waals surface area contributed by atoms with Gasteiger partial charge < -0.3 is 4.57 Å². The molecule has 9 nitrogen and oxygen atoms in total. The number of hydrogen-bond donors (Lipinski definition) is 2. The van der Waals surface area contributed by atoms with Crippen LogP contribution in [0.1, 0.15) is 36.6 Å². The standard InChI is InChI=1S/C24H28N6O3S/c1-5-7-13-26-23(6-2)34(32,33)28-22(31)11-9-20-17(3)27-29(4)24(20)30-14-12-19-15-18(16-25)8-10-21(19)30/h6,8-12,14-15,23,26H,2,5,7,13H2,1,3-4H3,(H,28,31)/b11-9+. The Morgan fingerprint density at radius 3 is 2.79 bits per heavy atom. The summed E-state index contributed by atoms with van der Waals surface area (Å²) in [5.74, 6) is -0.0660. The normalized spacial score (nSPS) is 12.6. The van der Waals surface area contributed by atoms with Gasteiger partial charge in [0.1, 0.15) is 11.2 Å². The molecule has 1 unspecified atom stereocenters. The first-order valence-electron chi connectivity index (χ1n) is 10.9. The second kappa shape index (κ2) is 10.5. The third-order valence-corrected chi connectivity index (χ3v) is 6.87. The Labute approximate surface area is 199 Å². The summed E-state index contributed by atoms with van der Waals surface area (Å²) in [6.45, 7) is 7.86. The van der Waals surface area contributed by atoms with E-state index in [2.05, 4.69) is 27.8 Å². The molecular formula is C24H28N6O3S. The van der Waals surface area contributed by atoms with Crippen molar-refractivity contribution in [1.82, 2.24) is 24.4 Å². The number of rotatable bonds is 10. The lowest BCUT2D eigenvalue weighted by atomic mass is 10.2. The van der Waals surface area contributed by atoms with Crippen molar-refractivity contribution >= 4 is 32.9 Å². The summed E-state index contributed by atoms with van der Waals surface area (Å²) >= 11 is 0. The zero-order valence-electron chi connectivity index (χ0n) is 19.4. The van der Waals surface area contributed by atoms with Gasteiger partial charge in [-0.25, -0.2) is 13.1 Å². The minimum Gasteiger partial charge on any atom is -0.301 e. The van der Waals surface area contributed by atoms with Crippen molar-refractivity contribution in [3.05, 3.63) is 66.0 Å². The van der Waals surface area contributed by atoms with Crippen LogP contribution < -0.4 is 10.0 Å². The summed E-state index contributed by atoms with van der Waals surface area (Å²) in [7, 11) is -2.19. The van der Waals surface area contributed by atoms with Crippen LogP contribution in [0, 0.1) is 18.3 Å². The lowest BCUT2D eigenvalue weighted by Gasteiger charge is -2.15. The van der Waals surface area contributed by atoms with Crippen molar-refractivity contribution in [3.8, 4) is 11.9 Å². The average molecular weight is 481 g/mol. The van der Waals surface area contributed by atoms with Gasteiger partial charge in [0, 0.05) is 30.3 Å². The van der Waals surface area contributed by atoms with Crippen molar-refractivity contribution in [2.75, 3.05) is 6.54 Å². The van der Waals surface area contributed by atoms with Gasteiger partial charge in [0.2, 0.25) is 0 Å². The van der Waals surface area contributed by atoms with Crippen LogP contribution in [0.25, 0.3) is 22.8 Å². The van der Waals surface area contributed by atoms with E-state index in [1.165, 1.54) is 12.2 Å². The second-order valence-corrected chi connectivity index (χ2v) is 9.63. The molecule has 3 aromatic rings. The summed E-state index contributed by atoms with van der Waals surface area (Å²) in [6.07, 6.45) is 7.56. The van der Waals surface area contributed by atoms with Crippen LogP contribution >= 0.6 is 0 Å². The molecule has 2 N–H and O–H groups in total. The zero-order valence-corrected chi connectivity index (χ0v) is 20.3. The fourth-order valence-corrected chi connectivity index (χ4v) is 4.74. The molecule has 0 fully saturated rings. The van der Waals surface area contributed by atoms with Crippen molar-refractivity contribution < 1.29 is 13.2 Å². The van der Waals surface area contributed by atoms with Crippen molar-refractivity contribution in [3.63, 3.8) is 0 Å². The van der Waals surface area contributed by atoms with Crippen LogP contribution in [-0.4, -0.2) is 40.6 Å². The minimum atomic E-state index is -3.98. The smallest absolute Gasteiger partial charge is 0.257 e. The Morgan fingerprint density at radius 2 is 2.12 bits per heavy atom. The number of carbonyl (C=O) groups excluding carboxylic acids is 1. The summed E-state index contributed by atoms with van der Waals surface area (Å²) in [4.78, 5) is 12.5. The van der Waals surface area contributed by atoms with Crippen LogP contribution in [0.2, 0.25) is 0 Å². The Hall–Kier alpha value is -3.68. The van der Waals surface area contributed by atoms with Crippen LogP contribution in [0.15, 0.2) is 49.2 Å². The number of carbonyl (C=O) groups is 1. The quantitative estimate of drug-likeness (QED) is 0.261. The molecule has 0 bridgehead atoms. The third-order valence-electron chi connectivity index (χ3n) is 5.35. The number of aromatic nitrogens is 3. The second-order valence-electron chi connectivity index (χ2n) is 7.83. The molecule has 1 aromatic carbocycles. The highest BCUT2D eigenvalue weighted by Crippen LogP contribution is 2.26. The van der Waals surface area contributed by atoms with Gasteiger partial charge in [0.05, 0.1) is 22.8 Å². The largest absolute Gasteiger partial charge is 0.301 e. The number of nitrogens with zero attached hydrogens (tertiary/aromatic N) is 4. The fourth-order valence-electron chi connectivity index (χ4n) is 3.68. The highest BCUT2D eigenvalue weighted by Gasteiger charge is 2.23. The number of fused-ring (bicyclic) bond motifs is 1.